The molecule has 15 heavy (non-hydrogen) atoms. The van der Waals surface area contributed by atoms with Crippen LogP contribution in [-0.2, 0) is 4.79 Å². The standard InChI is InChI=1S/C13H22O2/c1-10-7-11(5-4-6-12(14)15)9-13(2,3)8-10/h4,6,10-11H,5,7-9H2,1-3H3,(H,14,15). The van der Waals surface area contributed by atoms with Gasteiger partial charge < -0.3 is 5.11 Å². The van der Waals surface area contributed by atoms with Gasteiger partial charge in [0, 0.05) is 6.08 Å². The summed E-state index contributed by atoms with van der Waals surface area (Å²) in [6, 6.07) is 0. The van der Waals surface area contributed by atoms with E-state index in [4.69, 9.17) is 5.11 Å². The summed E-state index contributed by atoms with van der Waals surface area (Å²) in [6.45, 7) is 6.93. The molecule has 0 saturated heterocycles. The summed E-state index contributed by atoms with van der Waals surface area (Å²) >= 11 is 0. The number of hydrogen-bond acceptors (Lipinski definition) is 1. The van der Waals surface area contributed by atoms with E-state index in [1.54, 1.807) is 6.08 Å². The third-order valence-corrected chi connectivity index (χ3v) is 3.21. The molecule has 0 aliphatic heterocycles. The van der Waals surface area contributed by atoms with Gasteiger partial charge in [0.25, 0.3) is 0 Å². The second kappa shape index (κ2) is 4.82. The molecule has 0 heterocycles. The molecule has 1 fully saturated rings. The van der Waals surface area contributed by atoms with Gasteiger partial charge in [-0.15, -0.1) is 0 Å². The van der Waals surface area contributed by atoms with Crippen LogP contribution in [0.5, 0.6) is 0 Å². The van der Waals surface area contributed by atoms with Crippen LogP contribution in [0.4, 0.5) is 0 Å². The molecule has 2 unspecified atom stereocenters. The minimum atomic E-state index is -0.835. The largest absolute Gasteiger partial charge is 0.478 e. The fraction of sp³-hybridized carbons (Fsp3) is 0.769. The predicted molar refractivity (Wildman–Crippen MR) is 61.7 cm³/mol. The molecule has 1 N–H and O–H groups in total. The monoisotopic (exact) mass is 210 g/mol. The third-order valence-electron chi connectivity index (χ3n) is 3.21. The lowest BCUT2D eigenvalue weighted by molar-refractivity contribution is -0.131. The Bertz CT molecular complexity index is 253. The quantitative estimate of drug-likeness (QED) is 0.724. The van der Waals surface area contributed by atoms with E-state index < -0.39 is 5.97 Å². The maximum absolute atomic E-state index is 10.3. The zero-order chi connectivity index (χ0) is 11.5. The first-order chi connectivity index (χ1) is 6.89. The molecule has 0 bridgehead atoms. The van der Waals surface area contributed by atoms with E-state index >= 15 is 0 Å². The van der Waals surface area contributed by atoms with Gasteiger partial charge in [0.2, 0.25) is 0 Å². The number of carbonyl (C=O) groups is 1. The lowest BCUT2D eigenvalue weighted by atomic mass is 9.67. The lowest BCUT2D eigenvalue weighted by Gasteiger charge is -2.38. The Hall–Kier alpha value is -0.790. The van der Waals surface area contributed by atoms with Crippen LogP contribution in [0, 0.1) is 17.3 Å². The van der Waals surface area contributed by atoms with Gasteiger partial charge >= 0.3 is 5.97 Å². The van der Waals surface area contributed by atoms with Gasteiger partial charge in [-0.25, -0.2) is 4.79 Å². The SMILES string of the molecule is CC1CC(CC=CC(=O)O)CC(C)(C)C1. The normalized spacial score (nSPS) is 30.6. The molecule has 1 rings (SSSR count). The molecule has 86 valence electrons. The van der Waals surface area contributed by atoms with Crippen LogP contribution in [-0.4, -0.2) is 11.1 Å². The Kier molecular flexibility index (Phi) is 3.95. The highest BCUT2D eigenvalue weighted by Gasteiger charge is 2.31. The minimum Gasteiger partial charge on any atom is -0.478 e. The van der Waals surface area contributed by atoms with E-state index in [9.17, 15) is 4.79 Å². The molecule has 0 aromatic carbocycles. The van der Waals surface area contributed by atoms with Crippen molar-refractivity contribution in [3.63, 3.8) is 0 Å². The molecule has 1 saturated carbocycles. The Balaban J connectivity index is 2.45. The topological polar surface area (TPSA) is 37.3 Å². The number of rotatable bonds is 3. The lowest BCUT2D eigenvalue weighted by Crippen LogP contribution is -2.27. The minimum absolute atomic E-state index is 0.430. The molecule has 2 atom stereocenters. The van der Waals surface area contributed by atoms with Gasteiger partial charge in [-0.1, -0.05) is 26.8 Å². The molecular weight excluding hydrogens is 188 g/mol. The van der Waals surface area contributed by atoms with Crippen molar-refractivity contribution < 1.29 is 9.90 Å². The first kappa shape index (κ1) is 12.3. The highest BCUT2D eigenvalue weighted by molar-refractivity contribution is 5.79. The highest BCUT2D eigenvalue weighted by Crippen LogP contribution is 2.42. The van der Waals surface area contributed by atoms with Gasteiger partial charge in [-0.05, 0) is 42.9 Å². The van der Waals surface area contributed by atoms with Crippen LogP contribution in [0.3, 0.4) is 0 Å². The van der Waals surface area contributed by atoms with Gasteiger partial charge in [0.1, 0.15) is 0 Å². The van der Waals surface area contributed by atoms with E-state index in [1.807, 2.05) is 0 Å². The molecule has 0 spiro atoms. The number of aliphatic carboxylic acids is 1. The summed E-state index contributed by atoms with van der Waals surface area (Å²) in [4.78, 5) is 10.3. The smallest absolute Gasteiger partial charge is 0.327 e. The zero-order valence-electron chi connectivity index (χ0n) is 9.99. The van der Waals surface area contributed by atoms with Crippen molar-refractivity contribution in [1.82, 2.24) is 0 Å². The third kappa shape index (κ3) is 4.50. The summed E-state index contributed by atoms with van der Waals surface area (Å²) in [7, 11) is 0. The summed E-state index contributed by atoms with van der Waals surface area (Å²) in [5.74, 6) is 0.606. The Morgan fingerprint density at radius 2 is 2.13 bits per heavy atom. The second-order valence-electron chi connectivity index (χ2n) is 5.76. The summed E-state index contributed by atoms with van der Waals surface area (Å²) in [6.07, 6.45) is 7.76. The maximum Gasteiger partial charge on any atom is 0.327 e. The van der Waals surface area contributed by atoms with Crippen LogP contribution >= 0.6 is 0 Å². The van der Waals surface area contributed by atoms with Crippen molar-refractivity contribution in [2.45, 2.75) is 46.5 Å². The number of carboxylic acids is 1. The average molecular weight is 210 g/mol. The van der Waals surface area contributed by atoms with Crippen LogP contribution in [0.25, 0.3) is 0 Å². The molecule has 1 aliphatic carbocycles. The van der Waals surface area contributed by atoms with Crippen LogP contribution in [0.15, 0.2) is 12.2 Å². The molecule has 2 heteroatoms. The first-order valence-electron chi connectivity index (χ1n) is 5.78. The van der Waals surface area contributed by atoms with Crippen LogP contribution < -0.4 is 0 Å². The molecule has 1 aliphatic rings. The van der Waals surface area contributed by atoms with Crippen LogP contribution in [0.2, 0.25) is 0 Å². The number of hydrogen-bond donors (Lipinski definition) is 1. The second-order valence-corrected chi connectivity index (χ2v) is 5.76. The number of allylic oxidation sites excluding steroid dienone is 1. The van der Waals surface area contributed by atoms with E-state index in [0.29, 0.717) is 11.3 Å². The average Bonchev–Trinajstić information content (AvgIpc) is 1.98. The van der Waals surface area contributed by atoms with E-state index in [-0.39, 0.29) is 0 Å². The summed E-state index contributed by atoms with van der Waals surface area (Å²) in [5, 5.41) is 8.51. The van der Waals surface area contributed by atoms with Crippen molar-refractivity contribution >= 4 is 5.97 Å². The summed E-state index contributed by atoms with van der Waals surface area (Å²) < 4.78 is 0. The van der Waals surface area contributed by atoms with Crippen LogP contribution in [0.1, 0.15) is 46.5 Å². The maximum atomic E-state index is 10.3. The molecular formula is C13H22O2. The van der Waals surface area contributed by atoms with Crippen molar-refractivity contribution in [2.24, 2.45) is 17.3 Å². The van der Waals surface area contributed by atoms with Gasteiger partial charge in [0.15, 0.2) is 0 Å². The van der Waals surface area contributed by atoms with E-state index in [1.165, 1.54) is 25.3 Å². The molecule has 2 nitrogen and oxygen atoms in total. The Morgan fingerprint density at radius 3 is 2.67 bits per heavy atom. The zero-order valence-corrected chi connectivity index (χ0v) is 9.99. The molecule has 0 amide bonds. The Morgan fingerprint density at radius 1 is 1.47 bits per heavy atom. The molecule has 0 radical (unpaired) electrons. The van der Waals surface area contributed by atoms with Crippen molar-refractivity contribution in [1.29, 1.82) is 0 Å². The Labute approximate surface area is 92.4 Å². The number of carboxylic acid groups (broad SMARTS) is 1. The van der Waals surface area contributed by atoms with Gasteiger partial charge in [-0.3, -0.25) is 0 Å². The fourth-order valence-electron chi connectivity index (χ4n) is 3.08. The van der Waals surface area contributed by atoms with Crippen molar-refractivity contribution in [2.75, 3.05) is 0 Å². The molecule has 0 aromatic heterocycles. The van der Waals surface area contributed by atoms with Crippen molar-refractivity contribution in [3.05, 3.63) is 12.2 Å². The predicted octanol–water partition coefficient (Wildman–Crippen LogP) is 3.48. The first-order valence-corrected chi connectivity index (χ1v) is 5.78. The fourth-order valence-corrected chi connectivity index (χ4v) is 3.08. The molecule has 0 aromatic rings. The van der Waals surface area contributed by atoms with Gasteiger partial charge in [-0.2, -0.15) is 0 Å². The van der Waals surface area contributed by atoms with Gasteiger partial charge in [0.05, 0.1) is 0 Å². The van der Waals surface area contributed by atoms with E-state index in [0.717, 1.165) is 12.3 Å². The van der Waals surface area contributed by atoms with Crippen molar-refractivity contribution in [3.8, 4) is 0 Å². The van der Waals surface area contributed by atoms with E-state index in [2.05, 4.69) is 20.8 Å². The summed E-state index contributed by atoms with van der Waals surface area (Å²) in [5.41, 5.74) is 0.430. The highest BCUT2D eigenvalue weighted by atomic mass is 16.4.